The van der Waals surface area contributed by atoms with Gasteiger partial charge in [0.15, 0.2) is 23.0 Å². The van der Waals surface area contributed by atoms with Crippen LogP contribution in [0.2, 0.25) is 0 Å². The normalized spacial score (nSPS) is 13.9. The zero-order valence-corrected chi connectivity index (χ0v) is 29.9. The topological polar surface area (TPSA) is 134 Å². The smallest absolute Gasteiger partial charge is 0.347 e. The second-order valence-electron chi connectivity index (χ2n) is 13.1. The Balaban J connectivity index is 2.06. The van der Waals surface area contributed by atoms with Crippen molar-refractivity contribution in [2.24, 2.45) is 5.92 Å². The van der Waals surface area contributed by atoms with Gasteiger partial charge in [-0.05, 0) is 117 Å². The monoisotopic (exact) mass is 676 g/mol. The Hall–Kier alpha value is -4.20. The zero-order chi connectivity index (χ0) is 35.9. The van der Waals surface area contributed by atoms with Crippen molar-refractivity contribution in [1.29, 1.82) is 0 Å². The van der Waals surface area contributed by atoms with Crippen LogP contribution in [-0.2, 0) is 35.2 Å². The van der Waals surface area contributed by atoms with E-state index in [4.69, 9.17) is 9.47 Å². The van der Waals surface area contributed by atoms with E-state index in [1.165, 1.54) is 24.3 Å². The summed E-state index contributed by atoms with van der Waals surface area (Å²) in [5.41, 5.74) is 2.75. The van der Waals surface area contributed by atoms with E-state index in [0.29, 0.717) is 36.8 Å². The summed E-state index contributed by atoms with van der Waals surface area (Å²) in [6.07, 6.45) is 17.6. The van der Waals surface area contributed by atoms with Gasteiger partial charge in [0.05, 0.1) is 0 Å². The highest BCUT2D eigenvalue weighted by Crippen LogP contribution is 2.39. The van der Waals surface area contributed by atoms with Crippen molar-refractivity contribution in [3.8, 4) is 23.0 Å². The minimum absolute atomic E-state index is 0.0173. The summed E-state index contributed by atoms with van der Waals surface area (Å²) >= 11 is 0. The molecule has 2 aromatic carbocycles. The Morgan fingerprint density at radius 1 is 0.694 bits per heavy atom. The van der Waals surface area contributed by atoms with E-state index in [9.17, 15) is 30.0 Å². The molecule has 2 aromatic rings. The van der Waals surface area contributed by atoms with Crippen LogP contribution in [0.25, 0.3) is 0 Å². The van der Waals surface area contributed by atoms with Gasteiger partial charge in [0.1, 0.15) is 22.6 Å². The molecule has 1 fully saturated rings. The quantitative estimate of drug-likeness (QED) is 0.0500. The third-order valence-corrected chi connectivity index (χ3v) is 9.23. The molecule has 0 atom stereocenters. The number of carbonyl (C=O) groups is 2. The summed E-state index contributed by atoms with van der Waals surface area (Å²) in [6, 6.07) is 3.06. The lowest BCUT2D eigenvalue weighted by molar-refractivity contribution is 0.0619. The molecule has 0 unspecified atom stereocenters. The van der Waals surface area contributed by atoms with Crippen molar-refractivity contribution in [3.05, 3.63) is 81.8 Å². The van der Waals surface area contributed by atoms with Gasteiger partial charge in [0, 0.05) is 6.08 Å². The Morgan fingerprint density at radius 3 is 1.51 bits per heavy atom. The number of ether oxygens (including phenoxy) is 2. The van der Waals surface area contributed by atoms with Crippen LogP contribution >= 0.6 is 0 Å². The minimum Gasteiger partial charge on any atom is -0.504 e. The molecule has 0 aliphatic heterocycles. The fourth-order valence-electron chi connectivity index (χ4n) is 6.46. The Bertz CT molecular complexity index is 1510. The van der Waals surface area contributed by atoms with Crippen LogP contribution in [0.15, 0.2) is 48.5 Å². The van der Waals surface area contributed by atoms with E-state index in [-0.39, 0.29) is 40.1 Å². The summed E-state index contributed by atoms with van der Waals surface area (Å²) < 4.78 is 11.7. The third-order valence-electron chi connectivity index (χ3n) is 9.23. The van der Waals surface area contributed by atoms with Crippen molar-refractivity contribution in [1.82, 2.24) is 0 Å². The van der Waals surface area contributed by atoms with Gasteiger partial charge in [-0.3, -0.25) is 0 Å². The molecule has 1 aliphatic rings. The van der Waals surface area contributed by atoms with Gasteiger partial charge in [-0.1, -0.05) is 72.8 Å². The van der Waals surface area contributed by atoms with Crippen LogP contribution in [0.3, 0.4) is 0 Å². The number of hydrogen-bond acceptors (Lipinski definition) is 8. The average molecular weight is 677 g/mol. The van der Waals surface area contributed by atoms with Gasteiger partial charge < -0.3 is 29.9 Å². The molecule has 0 saturated heterocycles. The maximum Gasteiger partial charge on any atom is 0.347 e. The highest BCUT2D eigenvalue weighted by Gasteiger charge is 2.27. The number of aryl methyl sites for hydroxylation is 2. The third kappa shape index (κ3) is 10.6. The summed E-state index contributed by atoms with van der Waals surface area (Å²) in [6.45, 7) is 12.0. The average Bonchev–Trinajstić information content (AvgIpc) is 3.59. The molecular formula is C41H56O8. The summed E-state index contributed by atoms with van der Waals surface area (Å²) in [5.74, 6) is -3.27. The highest BCUT2D eigenvalue weighted by molar-refractivity contribution is 5.97. The number of rotatable bonds is 19. The predicted octanol–water partition coefficient (Wildman–Crippen LogP) is 10.0. The molecule has 0 radical (unpaired) electrons. The maximum absolute atomic E-state index is 13.9. The zero-order valence-electron chi connectivity index (χ0n) is 29.9. The highest BCUT2D eigenvalue weighted by atomic mass is 16.5. The second-order valence-corrected chi connectivity index (χ2v) is 13.1. The number of phenolic OH excluding ortho intramolecular Hbond substituents is 4. The van der Waals surface area contributed by atoms with Crippen molar-refractivity contribution in [2.75, 3.05) is 0 Å². The summed E-state index contributed by atoms with van der Waals surface area (Å²) in [5, 5.41) is 43.1. The molecule has 8 heteroatoms. The lowest BCUT2D eigenvalue weighted by Gasteiger charge is -2.18. The van der Waals surface area contributed by atoms with Crippen molar-refractivity contribution < 1.29 is 39.5 Å². The van der Waals surface area contributed by atoms with E-state index in [0.717, 1.165) is 88.2 Å². The van der Waals surface area contributed by atoms with Gasteiger partial charge >= 0.3 is 11.9 Å². The van der Waals surface area contributed by atoms with Gasteiger partial charge in [0.2, 0.25) is 0 Å². The first-order valence-corrected chi connectivity index (χ1v) is 18.2. The first-order valence-electron chi connectivity index (χ1n) is 18.2. The number of unbranched alkanes of at least 4 members (excludes halogenated alkanes) is 4. The van der Waals surface area contributed by atoms with Gasteiger partial charge in [0.25, 0.3) is 0 Å². The molecule has 4 N–H and O–H groups in total. The first-order chi connectivity index (χ1) is 23.6. The molecule has 0 aromatic heterocycles. The van der Waals surface area contributed by atoms with Crippen molar-refractivity contribution >= 4 is 11.9 Å². The first kappa shape index (κ1) is 39.2. The van der Waals surface area contributed by atoms with Gasteiger partial charge in [-0.2, -0.15) is 0 Å². The number of carbonyl (C=O) groups excluding carboxylic acids is 2. The van der Waals surface area contributed by atoms with Crippen LogP contribution < -0.4 is 0 Å². The molecule has 1 saturated carbocycles. The SMILES string of the molecule is C=CC(=CC(=CC1CCCC1)OC(=O)c1c(O)c(O)cc(CCCC)c1CCCC)OC(=O)c1c(O)c(O)cc(CCCC)c1CCCC. The fraction of sp³-hybridized carbons (Fsp3) is 0.512. The molecule has 268 valence electrons. The van der Waals surface area contributed by atoms with Gasteiger partial charge in [-0.25, -0.2) is 9.59 Å². The number of esters is 2. The molecule has 0 heterocycles. The molecule has 49 heavy (non-hydrogen) atoms. The van der Waals surface area contributed by atoms with Crippen molar-refractivity contribution in [3.63, 3.8) is 0 Å². The number of allylic oxidation sites excluding steroid dienone is 3. The molecule has 1 aliphatic carbocycles. The van der Waals surface area contributed by atoms with E-state index >= 15 is 0 Å². The Labute approximate surface area is 292 Å². The predicted molar refractivity (Wildman–Crippen MR) is 193 cm³/mol. The largest absolute Gasteiger partial charge is 0.504 e. The lowest BCUT2D eigenvalue weighted by atomic mass is 9.92. The molecule has 0 bridgehead atoms. The van der Waals surface area contributed by atoms with E-state index < -0.39 is 23.4 Å². The lowest BCUT2D eigenvalue weighted by Crippen LogP contribution is -2.13. The van der Waals surface area contributed by atoms with Crippen LogP contribution in [0.5, 0.6) is 23.0 Å². The maximum atomic E-state index is 13.9. The number of aromatic hydroxyl groups is 4. The molecular weight excluding hydrogens is 620 g/mol. The second kappa shape index (κ2) is 19.7. The standard InChI is InChI=1S/C41H56O8/c1-6-11-19-28-24-34(42)38(44)36(32(28)21-13-8-3)40(46)48-30(10-5)26-31(23-27-17-15-16-18-27)49-41(47)37-33(22-14-9-4)29(20-12-7-2)25-35(43)39(37)45/h10,23-27,42-45H,5-9,11-22H2,1-4H3. The van der Waals surface area contributed by atoms with E-state index in [1.54, 1.807) is 0 Å². The number of phenols is 4. The molecule has 3 rings (SSSR count). The number of benzene rings is 2. The van der Waals surface area contributed by atoms with Crippen LogP contribution in [-0.4, -0.2) is 32.4 Å². The van der Waals surface area contributed by atoms with Crippen LogP contribution in [0.1, 0.15) is 148 Å². The van der Waals surface area contributed by atoms with Crippen LogP contribution in [0, 0.1) is 5.92 Å². The molecule has 8 nitrogen and oxygen atoms in total. The van der Waals surface area contributed by atoms with Gasteiger partial charge in [-0.15, -0.1) is 0 Å². The van der Waals surface area contributed by atoms with E-state index in [2.05, 4.69) is 20.4 Å². The minimum atomic E-state index is -0.858. The Morgan fingerprint density at radius 2 is 1.10 bits per heavy atom. The number of hydrogen-bond donors (Lipinski definition) is 4. The summed E-state index contributed by atoms with van der Waals surface area (Å²) in [7, 11) is 0. The van der Waals surface area contributed by atoms with Crippen LogP contribution in [0.4, 0.5) is 0 Å². The van der Waals surface area contributed by atoms with Crippen molar-refractivity contribution in [2.45, 2.75) is 130 Å². The molecule has 0 amide bonds. The van der Waals surface area contributed by atoms with E-state index in [1.807, 2.05) is 19.9 Å². The summed E-state index contributed by atoms with van der Waals surface area (Å²) in [4.78, 5) is 27.7. The Kier molecular flexibility index (Phi) is 15.8. The molecule has 0 spiro atoms. The fourth-order valence-corrected chi connectivity index (χ4v) is 6.46.